The van der Waals surface area contributed by atoms with Crippen LogP contribution in [0.3, 0.4) is 0 Å². The summed E-state index contributed by atoms with van der Waals surface area (Å²) in [5.74, 6) is 2.60. The van der Waals surface area contributed by atoms with Gasteiger partial charge in [0.25, 0.3) is 0 Å². The number of carbonyl (C=O) groups is 1. The smallest absolute Gasteiger partial charge is 0.222 e. The number of hydrogen-bond acceptors (Lipinski definition) is 4. The molecule has 7 nitrogen and oxygen atoms in total. The van der Waals surface area contributed by atoms with Crippen LogP contribution in [0.25, 0.3) is 0 Å². The van der Waals surface area contributed by atoms with Gasteiger partial charge in [0, 0.05) is 38.6 Å². The maximum Gasteiger partial charge on any atom is 0.222 e. The van der Waals surface area contributed by atoms with Gasteiger partial charge in [-0.15, -0.1) is 24.0 Å². The number of nitrogens with one attached hydrogen (secondary N) is 2. The molecule has 8 heteroatoms. The zero-order valence-corrected chi connectivity index (χ0v) is 21.0. The molecule has 1 saturated heterocycles. The molecule has 1 aromatic carbocycles. The van der Waals surface area contributed by atoms with Crippen molar-refractivity contribution in [3.8, 4) is 11.5 Å². The van der Waals surface area contributed by atoms with E-state index >= 15 is 0 Å². The number of methoxy groups -OCH3 is 1. The summed E-state index contributed by atoms with van der Waals surface area (Å²) >= 11 is 0. The zero-order chi connectivity index (χ0) is 21.1. The molecule has 2 rings (SSSR count). The van der Waals surface area contributed by atoms with E-state index in [4.69, 9.17) is 14.5 Å². The molecule has 1 fully saturated rings. The highest BCUT2D eigenvalue weighted by Gasteiger charge is 2.25. The second kappa shape index (κ2) is 14.3. The highest BCUT2D eigenvalue weighted by Crippen LogP contribution is 2.28. The first-order valence-electron chi connectivity index (χ1n) is 10.7. The number of carbonyl (C=O) groups excluding carboxylic acids is 1. The predicted octanol–water partition coefficient (Wildman–Crippen LogP) is 3.21. The van der Waals surface area contributed by atoms with Gasteiger partial charge >= 0.3 is 0 Å². The Labute approximate surface area is 198 Å². The van der Waals surface area contributed by atoms with Crippen LogP contribution in [0.15, 0.2) is 23.2 Å². The quantitative estimate of drug-likeness (QED) is 0.210. The number of rotatable bonds is 10. The summed E-state index contributed by atoms with van der Waals surface area (Å²) in [6.07, 6.45) is 3.40. The Bertz CT molecular complexity index is 684. The number of amides is 1. The number of guanidine groups is 1. The number of aliphatic imine (C=N–C) groups is 1. The van der Waals surface area contributed by atoms with E-state index in [-0.39, 0.29) is 35.9 Å². The molecule has 1 atom stereocenters. The first-order chi connectivity index (χ1) is 14.1. The van der Waals surface area contributed by atoms with Crippen molar-refractivity contribution in [3.05, 3.63) is 23.8 Å². The summed E-state index contributed by atoms with van der Waals surface area (Å²) in [4.78, 5) is 18.5. The highest BCUT2D eigenvalue weighted by atomic mass is 127. The van der Waals surface area contributed by atoms with Gasteiger partial charge in [0.15, 0.2) is 17.5 Å². The molecule has 1 aromatic rings. The Balaban J connectivity index is 0.00000450. The number of hydrogen-bond donors (Lipinski definition) is 2. The van der Waals surface area contributed by atoms with Crippen LogP contribution in [0.5, 0.6) is 11.5 Å². The van der Waals surface area contributed by atoms with Crippen molar-refractivity contribution >= 4 is 35.8 Å². The lowest BCUT2D eigenvalue weighted by atomic mass is 10.1. The van der Waals surface area contributed by atoms with Crippen molar-refractivity contribution in [1.82, 2.24) is 15.5 Å². The fourth-order valence-corrected chi connectivity index (χ4v) is 3.46. The molecule has 0 spiro atoms. The minimum Gasteiger partial charge on any atom is -0.493 e. The number of benzene rings is 1. The average Bonchev–Trinajstić information content (AvgIpc) is 3.19. The van der Waals surface area contributed by atoms with Crippen LogP contribution in [0.1, 0.15) is 45.6 Å². The third-order valence-corrected chi connectivity index (χ3v) is 4.95. The number of halogens is 1. The molecule has 1 heterocycles. The van der Waals surface area contributed by atoms with Gasteiger partial charge in [-0.3, -0.25) is 9.79 Å². The van der Waals surface area contributed by atoms with Gasteiger partial charge < -0.3 is 25.0 Å². The highest BCUT2D eigenvalue weighted by molar-refractivity contribution is 14.0. The molecule has 2 N–H and O–H groups in total. The van der Waals surface area contributed by atoms with Gasteiger partial charge in [-0.1, -0.05) is 13.0 Å². The third kappa shape index (κ3) is 8.20. The number of ether oxygens (including phenoxy) is 2. The van der Waals surface area contributed by atoms with Crippen molar-refractivity contribution in [3.63, 3.8) is 0 Å². The summed E-state index contributed by atoms with van der Waals surface area (Å²) in [6, 6.07) is 6.34. The van der Waals surface area contributed by atoms with Crippen LogP contribution in [0, 0.1) is 0 Å². The van der Waals surface area contributed by atoms with Gasteiger partial charge in [-0.25, -0.2) is 0 Å². The summed E-state index contributed by atoms with van der Waals surface area (Å²) in [6.45, 7) is 9.68. The monoisotopic (exact) mass is 532 g/mol. The van der Waals surface area contributed by atoms with E-state index in [9.17, 15) is 4.79 Å². The SMILES string of the molecule is CCNC(=NCCCc1ccc(OC)c(OCC)c1)NC1CCN(C(=O)CC)C1.I. The van der Waals surface area contributed by atoms with E-state index in [0.29, 0.717) is 13.0 Å². The van der Waals surface area contributed by atoms with Crippen molar-refractivity contribution in [2.75, 3.05) is 39.9 Å². The minimum absolute atomic E-state index is 0. The molecule has 1 amide bonds. The molecule has 30 heavy (non-hydrogen) atoms. The third-order valence-electron chi connectivity index (χ3n) is 4.95. The van der Waals surface area contributed by atoms with E-state index in [1.54, 1.807) is 7.11 Å². The van der Waals surface area contributed by atoms with Gasteiger partial charge in [-0.2, -0.15) is 0 Å². The van der Waals surface area contributed by atoms with Crippen LogP contribution >= 0.6 is 24.0 Å². The fraction of sp³-hybridized carbons (Fsp3) is 0.636. The zero-order valence-electron chi connectivity index (χ0n) is 18.7. The molecule has 0 bridgehead atoms. The van der Waals surface area contributed by atoms with E-state index in [0.717, 1.165) is 62.9 Å². The Morgan fingerprint density at radius 1 is 1.27 bits per heavy atom. The van der Waals surface area contributed by atoms with Crippen molar-refractivity contribution in [1.29, 1.82) is 0 Å². The van der Waals surface area contributed by atoms with Gasteiger partial charge in [0.2, 0.25) is 5.91 Å². The molecule has 170 valence electrons. The summed E-state index contributed by atoms with van der Waals surface area (Å²) in [5.41, 5.74) is 1.21. The molecule has 0 aromatic heterocycles. The minimum atomic E-state index is 0. The van der Waals surface area contributed by atoms with Crippen LogP contribution in [-0.4, -0.2) is 62.7 Å². The molecule has 0 aliphatic carbocycles. The maximum absolute atomic E-state index is 11.9. The Morgan fingerprint density at radius 3 is 2.73 bits per heavy atom. The lowest BCUT2D eigenvalue weighted by Crippen LogP contribution is -2.45. The van der Waals surface area contributed by atoms with Gasteiger partial charge in [-0.05, 0) is 50.8 Å². The van der Waals surface area contributed by atoms with Crippen LogP contribution in [0.2, 0.25) is 0 Å². The summed E-state index contributed by atoms with van der Waals surface area (Å²) in [5, 5.41) is 6.78. The van der Waals surface area contributed by atoms with E-state index in [2.05, 4.69) is 23.6 Å². The first-order valence-corrected chi connectivity index (χ1v) is 10.7. The molecular weight excluding hydrogens is 495 g/mol. The van der Waals surface area contributed by atoms with Crippen LogP contribution in [-0.2, 0) is 11.2 Å². The topological polar surface area (TPSA) is 75.2 Å². The molecule has 0 saturated carbocycles. The van der Waals surface area contributed by atoms with E-state index in [1.807, 2.05) is 30.9 Å². The Morgan fingerprint density at radius 2 is 2.07 bits per heavy atom. The predicted molar refractivity (Wildman–Crippen MR) is 132 cm³/mol. The van der Waals surface area contributed by atoms with E-state index < -0.39 is 0 Å². The standard InChI is InChI=1S/C22H36N4O3.HI/c1-5-21(27)26-14-12-18(16-26)25-22(23-6-2)24-13-8-9-17-10-11-19(28-4)20(15-17)29-7-3;/h10-11,15,18H,5-9,12-14,16H2,1-4H3,(H2,23,24,25);1H. The normalized spacial score (nSPS) is 16.1. The van der Waals surface area contributed by atoms with Gasteiger partial charge in [0.05, 0.1) is 13.7 Å². The summed E-state index contributed by atoms with van der Waals surface area (Å²) < 4.78 is 11.0. The lowest BCUT2D eigenvalue weighted by Gasteiger charge is -2.18. The van der Waals surface area contributed by atoms with Crippen molar-refractivity contribution in [2.45, 2.75) is 52.5 Å². The second-order valence-electron chi connectivity index (χ2n) is 7.11. The molecule has 1 aliphatic rings. The van der Waals surface area contributed by atoms with E-state index in [1.165, 1.54) is 5.56 Å². The molecular formula is C22H37IN4O3. The second-order valence-corrected chi connectivity index (χ2v) is 7.11. The van der Waals surface area contributed by atoms with Crippen molar-refractivity contribution in [2.24, 2.45) is 4.99 Å². The molecule has 1 unspecified atom stereocenters. The number of aryl methyl sites for hydroxylation is 1. The molecule has 0 radical (unpaired) electrons. The Kier molecular flexibility index (Phi) is 12.6. The Hall–Kier alpha value is -1.71. The van der Waals surface area contributed by atoms with Crippen LogP contribution < -0.4 is 20.1 Å². The lowest BCUT2D eigenvalue weighted by molar-refractivity contribution is -0.129. The van der Waals surface area contributed by atoms with Crippen molar-refractivity contribution < 1.29 is 14.3 Å². The van der Waals surface area contributed by atoms with Gasteiger partial charge in [0.1, 0.15) is 0 Å². The first kappa shape index (κ1) is 26.3. The number of likely N-dealkylation sites (tertiary alicyclic amines) is 1. The number of nitrogens with zero attached hydrogens (tertiary/aromatic N) is 2. The largest absolute Gasteiger partial charge is 0.493 e. The average molecular weight is 532 g/mol. The molecule has 1 aliphatic heterocycles. The van der Waals surface area contributed by atoms with Crippen LogP contribution in [0.4, 0.5) is 0 Å². The summed E-state index contributed by atoms with van der Waals surface area (Å²) in [7, 11) is 1.66. The maximum atomic E-state index is 11.9. The fourth-order valence-electron chi connectivity index (χ4n) is 3.46.